The van der Waals surface area contributed by atoms with E-state index in [0.29, 0.717) is 12.0 Å². The summed E-state index contributed by atoms with van der Waals surface area (Å²) in [6, 6.07) is 0. The van der Waals surface area contributed by atoms with Gasteiger partial charge in [0.1, 0.15) is 0 Å². The minimum Gasteiger partial charge on any atom is -0.347 e. The Hall–Kier alpha value is -0.0800. The monoisotopic (exact) mass is 172 g/mol. The van der Waals surface area contributed by atoms with Gasteiger partial charge >= 0.3 is 0 Å². The molecule has 12 heavy (non-hydrogen) atoms. The average molecular weight is 172 g/mol. The molecule has 0 aromatic rings. The molecule has 0 aliphatic carbocycles. The molecular weight excluding hydrogens is 152 g/mol. The Morgan fingerprint density at radius 2 is 1.92 bits per heavy atom. The standard InChI is InChI=1S/C10H20O2/c1-5-9-8(4)11-10(12-9)6-7(2)3/h7-10H,5-6H2,1-4H3/t8-,9-,10?/m0/s1. The lowest BCUT2D eigenvalue weighted by molar-refractivity contribution is -0.0757. The lowest BCUT2D eigenvalue weighted by Crippen LogP contribution is -2.17. The molecule has 0 spiro atoms. The molecule has 1 saturated heterocycles. The quantitative estimate of drug-likeness (QED) is 0.651. The second-order valence-electron chi connectivity index (χ2n) is 3.98. The van der Waals surface area contributed by atoms with Gasteiger partial charge in [-0.15, -0.1) is 0 Å². The van der Waals surface area contributed by atoms with Crippen molar-refractivity contribution in [3.8, 4) is 0 Å². The molecule has 1 aliphatic heterocycles. The Kier molecular flexibility index (Phi) is 3.53. The van der Waals surface area contributed by atoms with Gasteiger partial charge in [0.25, 0.3) is 0 Å². The molecule has 1 unspecified atom stereocenters. The molecule has 0 N–H and O–H groups in total. The van der Waals surface area contributed by atoms with Crippen molar-refractivity contribution in [2.45, 2.75) is 59.0 Å². The summed E-state index contributed by atoms with van der Waals surface area (Å²) in [6.07, 6.45) is 2.70. The predicted molar refractivity (Wildman–Crippen MR) is 49.0 cm³/mol. The molecular formula is C10H20O2. The maximum absolute atomic E-state index is 5.71. The number of rotatable bonds is 3. The van der Waals surface area contributed by atoms with Gasteiger partial charge in [0.15, 0.2) is 6.29 Å². The Morgan fingerprint density at radius 3 is 2.33 bits per heavy atom. The Balaban J connectivity index is 2.33. The Labute approximate surface area is 75.2 Å². The van der Waals surface area contributed by atoms with E-state index in [-0.39, 0.29) is 12.4 Å². The van der Waals surface area contributed by atoms with Crippen LogP contribution in [0.5, 0.6) is 0 Å². The van der Waals surface area contributed by atoms with Gasteiger partial charge in [0.2, 0.25) is 0 Å². The Morgan fingerprint density at radius 1 is 1.25 bits per heavy atom. The molecule has 0 aromatic heterocycles. The fourth-order valence-corrected chi connectivity index (χ4v) is 1.59. The molecule has 0 radical (unpaired) electrons. The van der Waals surface area contributed by atoms with Crippen LogP contribution in [-0.4, -0.2) is 18.5 Å². The van der Waals surface area contributed by atoms with Crippen LogP contribution >= 0.6 is 0 Å². The van der Waals surface area contributed by atoms with E-state index in [0.717, 1.165) is 12.8 Å². The fraction of sp³-hybridized carbons (Fsp3) is 1.00. The third-order valence-corrected chi connectivity index (χ3v) is 2.28. The van der Waals surface area contributed by atoms with Crippen LogP contribution < -0.4 is 0 Å². The topological polar surface area (TPSA) is 18.5 Å². The largest absolute Gasteiger partial charge is 0.347 e. The van der Waals surface area contributed by atoms with E-state index in [2.05, 4.69) is 27.7 Å². The summed E-state index contributed by atoms with van der Waals surface area (Å²) >= 11 is 0. The van der Waals surface area contributed by atoms with E-state index in [1.54, 1.807) is 0 Å². The lowest BCUT2D eigenvalue weighted by atomic mass is 10.1. The van der Waals surface area contributed by atoms with E-state index in [1.807, 2.05) is 0 Å². The number of hydrogen-bond acceptors (Lipinski definition) is 2. The van der Waals surface area contributed by atoms with E-state index < -0.39 is 0 Å². The first-order valence-electron chi connectivity index (χ1n) is 4.94. The van der Waals surface area contributed by atoms with Crippen molar-refractivity contribution in [2.75, 3.05) is 0 Å². The molecule has 1 rings (SSSR count). The summed E-state index contributed by atoms with van der Waals surface area (Å²) in [6.45, 7) is 8.62. The molecule has 3 atom stereocenters. The van der Waals surface area contributed by atoms with Gasteiger partial charge in [-0.1, -0.05) is 20.8 Å². The second-order valence-corrected chi connectivity index (χ2v) is 3.98. The number of hydrogen-bond donors (Lipinski definition) is 0. The van der Waals surface area contributed by atoms with Crippen molar-refractivity contribution < 1.29 is 9.47 Å². The third kappa shape index (κ3) is 2.46. The first-order valence-corrected chi connectivity index (χ1v) is 4.94. The molecule has 1 aliphatic rings. The van der Waals surface area contributed by atoms with Gasteiger partial charge in [-0.05, 0) is 19.3 Å². The van der Waals surface area contributed by atoms with Crippen molar-refractivity contribution in [2.24, 2.45) is 5.92 Å². The van der Waals surface area contributed by atoms with Crippen molar-refractivity contribution in [3.63, 3.8) is 0 Å². The van der Waals surface area contributed by atoms with Gasteiger partial charge < -0.3 is 9.47 Å². The van der Waals surface area contributed by atoms with Crippen molar-refractivity contribution >= 4 is 0 Å². The smallest absolute Gasteiger partial charge is 0.158 e. The van der Waals surface area contributed by atoms with Crippen LogP contribution in [0.2, 0.25) is 0 Å². The summed E-state index contributed by atoms with van der Waals surface area (Å²) in [5.74, 6) is 0.651. The predicted octanol–water partition coefficient (Wildman–Crippen LogP) is 2.57. The maximum Gasteiger partial charge on any atom is 0.158 e. The first kappa shape index (κ1) is 10.0. The average Bonchev–Trinajstić information content (AvgIpc) is 2.29. The summed E-state index contributed by atoms with van der Waals surface area (Å²) in [5.41, 5.74) is 0. The zero-order valence-corrected chi connectivity index (χ0v) is 8.54. The number of ether oxygens (including phenoxy) is 2. The summed E-state index contributed by atoms with van der Waals surface area (Å²) < 4.78 is 11.4. The zero-order valence-electron chi connectivity index (χ0n) is 8.54. The van der Waals surface area contributed by atoms with E-state index in [1.165, 1.54) is 0 Å². The van der Waals surface area contributed by atoms with E-state index in [4.69, 9.17) is 9.47 Å². The minimum atomic E-state index is 0.0462. The van der Waals surface area contributed by atoms with Gasteiger partial charge in [-0.25, -0.2) is 0 Å². The summed E-state index contributed by atoms with van der Waals surface area (Å²) in [7, 11) is 0. The first-order chi connectivity index (χ1) is 5.63. The van der Waals surface area contributed by atoms with E-state index in [9.17, 15) is 0 Å². The normalized spacial score (nSPS) is 36.2. The van der Waals surface area contributed by atoms with Crippen LogP contribution in [0.25, 0.3) is 0 Å². The highest BCUT2D eigenvalue weighted by Gasteiger charge is 2.31. The van der Waals surface area contributed by atoms with Gasteiger partial charge in [0.05, 0.1) is 12.2 Å². The van der Waals surface area contributed by atoms with Crippen LogP contribution in [0.3, 0.4) is 0 Å². The van der Waals surface area contributed by atoms with Crippen molar-refractivity contribution in [3.05, 3.63) is 0 Å². The van der Waals surface area contributed by atoms with Gasteiger partial charge in [-0.2, -0.15) is 0 Å². The third-order valence-electron chi connectivity index (χ3n) is 2.28. The van der Waals surface area contributed by atoms with Gasteiger partial charge in [0, 0.05) is 6.42 Å². The molecule has 2 nitrogen and oxygen atoms in total. The highest BCUT2D eigenvalue weighted by atomic mass is 16.7. The minimum absolute atomic E-state index is 0.0462. The second kappa shape index (κ2) is 4.24. The van der Waals surface area contributed by atoms with Crippen LogP contribution in [-0.2, 0) is 9.47 Å². The maximum atomic E-state index is 5.71. The highest BCUT2D eigenvalue weighted by molar-refractivity contribution is 4.72. The molecule has 0 bridgehead atoms. The Bertz CT molecular complexity index is 134. The van der Waals surface area contributed by atoms with Crippen LogP contribution in [0.1, 0.15) is 40.5 Å². The van der Waals surface area contributed by atoms with Crippen LogP contribution in [0, 0.1) is 5.92 Å². The van der Waals surface area contributed by atoms with Crippen molar-refractivity contribution in [1.82, 2.24) is 0 Å². The fourth-order valence-electron chi connectivity index (χ4n) is 1.59. The summed E-state index contributed by atoms with van der Waals surface area (Å²) in [4.78, 5) is 0. The lowest BCUT2D eigenvalue weighted by Gasteiger charge is -2.11. The molecule has 0 aromatic carbocycles. The summed E-state index contributed by atoms with van der Waals surface area (Å²) in [5, 5.41) is 0. The highest BCUT2D eigenvalue weighted by Crippen LogP contribution is 2.25. The van der Waals surface area contributed by atoms with E-state index >= 15 is 0 Å². The van der Waals surface area contributed by atoms with Crippen molar-refractivity contribution in [1.29, 1.82) is 0 Å². The zero-order chi connectivity index (χ0) is 9.14. The SMILES string of the molecule is CC[C@@H]1OC(CC(C)C)O[C@H]1C. The van der Waals surface area contributed by atoms with Gasteiger partial charge in [-0.3, -0.25) is 0 Å². The van der Waals surface area contributed by atoms with Crippen LogP contribution in [0.4, 0.5) is 0 Å². The molecule has 72 valence electrons. The molecule has 0 amide bonds. The molecule has 2 heteroatoms. The molecule has 1 heterocycles. The molecule has 1 fully saturated rings. The molecule has 0 saturated carbocycles. The van der Waals surface area contributed by atoms with Crippen LogP contribution in [0.15, 0.2) is 0 Å².